The van der Waals surface area contributed by atoms with E-state index in [-0.39, 0.29) is 23.7 Å². The summed E-state index contributed by atoms with van der Waals surface area (Å²) in [6.45, 7) is 3.50. The van der Waals surface area contributed by atoms with Gasteiger partial charge >= 0.3 is 6.18 Å². The SMILES string of the molecule is Cc1nn(C)c(C)c1S(=O)(=O)N1CCC[C@H](C(=O)Nc2cccc(C(F)(F)F)c2)C1. The Morgan fingerprint density at radius 2 is 1.97 bits per heavy atom. The van der Waals surface area contributed by atoms with Crippen LogP contribution in [0.25, 0.3) is 0 Å². The summed E-state index contributed by atoms with van der Waals surface area (Å²) in [5.41, 5.74) is 0.0398. The number of nitrogens with zero attached hydrogens (tertiary/aromatic N) is 3. The van der Waals surface area contributed by atoms with E-state index in [2.05, 4.69) is 10.4 Å². The summed E-state index contributed by atoms with van der Waals surface area (Å²) in [4.78, 5) is 12.8. The Bertz CT molecular complexity index is 1060. The number of alkyl halides is 3. The highest BCUT2D eigenvalue weighted by Crippen LogP contribution is 2.31. The Labute approximate surface area is 172 Å². The molecule has 11 heteroatoms. The van der Waals surface area contributed by atoms with Gasteiger partial charge in [-0.3, -0.25) is 9.48 Å². The van der Waals surface area contributed by atoms with Gasteiger partial charge in [0.1, 0.15) is 4.90 Å². The second-order valence-corrected chi connectivity index (χ2v) is 9.27. The van der Waals surface area contributed by atoms with Crippen LogP contribution in [0.15, 0.2) is 29.2 Å². The van der Waals surface area contributed by atoms with Gasteiger partial charge in [-0.25, -0.2) is 8.42 Å². The zero-order chi connectivity index (χ0) is 22.3. The van der Waals surface area contributed by atoms with Gasteiger partial charge in [0.15, 0.2) is 0 Å². The molecule has 1 aliphatic heterocycles. The molecule has 0 spiro atoms. The first-order valence-corrected chi connectivity index (χ1v) is 10.8. The quantitative estimate of drug-likeness (QED) is 0.786. The molecule has 1 N–H and O–H groups in total. The monoisotopic (exact) mass is 444 g/mol. The van der Waals surface area contributed by atoms with Crippen LogP contribution in [-0.4, -0.2) is 41.5 Å². The molecule has 0 saturated carbocycles. The Morgan fingerprint density at radius 1 is 1.27 bits per heavy atom. The van der Waals surface area contributed by atoms with Gasteiger partial charge in [-0.15, -0.1) is 0 Å². The van der Waals surface area contributed by atoms with E-state index in [1.807, 2.05) is 0 Å². The van der Waals surface area contributed by atoms with E-state index < -0.39 is 33.6 Å². The van der Waals surface area contributed by atoms with Crippen LogP contribution in [0, 0.1) is 19.8 Å². The van der Waals surface area contributed by atoms with Crippen LogP contribution in [0.4, 0.5) is 18.9 Å². The molecular formula is C19H23F3N4O3S. The second kappa shape index (κ2) is 8.03. The number of nitrogens with one attached hydrogen (secondary N) is 1. The first kappa shape index (κ1) is 22.3. The van der Waals surface area contributed by atoms with Crippen molar-refractivity contribution in [2.75, 3.05) is 18.4 Å². The van der Waals surface area contributed by atoms with E-state index in [1.165, 1.54) is 21.1 Å². The molecule has 1 fully saturated rings. The van der Waals surface area contributed by atoms with E-state index in [0.29, 0.717) is 24.2 Å². The maximum atomic E-state index is 13.1. The molecule has 1 aliphatic rings. The van der Waals surface area contributed by atoms with E-state index in [1.54, 1.807) is 20.9 Å². The van der Waals surface area contributed by atoms with Crippen LogP contribution in [0.1, 0.15) is 29.8 Å². The third kappa shape index (κ3) is 4.36. The van der Waals surface area contributed by atoms with E-state index in [0.717, 1.165) is 12.1 Å². The fourth-order valence-corrected chi connectivity index (χ4v) is 5.57. The number of halogens is 3. The summed E-state index contributed by atoms with van der Waals surface area (Å²) < 4.78 is 67.7. The minimum Gasteiger partial charge on any atom is -0.326 e. The van der Waals surface area contributed by atoms with Gasteiger partial charge in [0.25, 0.3) is 0 Å². The number of hydrogen-bond donors (Lipinski definition) is 1. The fraction of sp³-hybridized carbons (Fsp3) is 0.474. The number of sulfonamides is 1. The average molecular weight is 444 g/mol. The number of rotatable bonds is 4. The highest BCUT2D eigenvalue weighted by atomic mass is 32.2. The number of carbonyl (C=O) groups excluding carboxylic acids is 1. The average Bonchev–Trinajstić information content (AvgIpc) is 2.93. The van der Waals surface area contributed by atoms with E-state index in [4.69, 9.17) is 0 Å². The second-order valence-electron chi connectivity index (χ2n) is 7.39. The van der Waals surface area contributed by atoms with Crippen LogP contribution in [0.3, 0.4) is 0 Å². The van der Waals surface area contributed by atoms with Crippen LogP contribution >= 0.6 is 0 Å². The van der Waals surface area contributed by atoms with Crippen molar-refractivity contribution in [3.8, 4) is 0 Å². The molecule has 1 atom stereocenters. The topological polar surface area (TPSA) is 84.3 Å². The van der Waals surface area contributed by atoms with Gasteiger partial charge in [0, 0.05) is 25.8 Å². The number of benzene rings is 1. The number of amides is 1. The maximum absolute atomic E-state index is 13.1. The number of anilines is 1. The Balaban J connectivity index is 1.77. The predicted molar refractivity (Wildman–Crippen MR) is 104 cm³/mol. The van der Waals surface area contributed by atoms with Gasteiger partial charge in [-0.1, -0.05) is 6.07 Å². The number of hydrogen-bond acceptors (Lipinski definition) is 4. The van der Waals surface area contributed by atoms with Crippen molar-refractivity contribution >= 4 is 21.6 Å². The Morgan fingerprint density at radius 3 is 2.57 bits per heavy atom. The predicted octanol–water partition coefficient (Wildman–Crippen LogP) is 3.10. The third-order valence-corrected chi connectivity index (χ3v) is 7.37. The Kier molecular flexibility index (Phi) is 5.96. The molecule has 164 valence electrons. The van der Waals surface area contributed by atoms with Crippen molar-refractivity contribution in [2.45, 2.75) is 37.8 Å². The lowest BCUT2D eigenvalue weighted by atomic mass is 9.98. The summed E-state index contributed by atoms with van der Waals surface area (Å²) in [7, 11) is -2.19. The first-order valence-electron chi connectivity index (χ1n) is 9.39. The summed E-state index contributed by atoms with van der Waals surface area (Å²) in [5.74, 6) is -1.17. The lowest BCUT2D eigenvalue weighted by Crippen LogP contribution is -2.44. The summed E-state index contributed by atoms with van der Waals surface area (Å²) >= 11 is 0. The van der Waals surface area contributed by atoms with Crippen LogP contribution in [-0.2, 0) is 28.0 Å². The van der Waals surface area contributed by atoms with Gasteiger partial charge in [-0.05, 0) is 44.9 Å². The van der Waals surface area contributed by atoms with Crippen LogP contribution < -0.4 is 5.32 Å². The first-order chi connectivity index (χ1) is 13.9. The molecule has 1 saturated heterocycles. The summed E-state index contributed by atoms with van der Waals surface area (Å²) in [5, 5.41) is 6.64. The zero-order valence-electron chi connectivity index (χ0n) is 16.8. The molecule has 2 aromatic rings. The molecule has 30 heavy (non-hydrogen) atoms. The maximum Gasteiger partial charge on any atom is 0.416 e. The molecule has 0 unspecified atom stereocenters. The molecule has 0 aliphatic carbocycles. The molecule has 2 heterocycles. The molecule has 0 bridgehead atoms. The smallest absolute Gasteiger partial charge is 0.326 e. The molecule has 1 amide bonds. The van der Waals surface area contributed by atoms with Gasteiger partial charge in [-0.2, -0.15) is 22.6 Å². The van der Waals surface area contributed by atoms with Crippen molar-refractivity contribution in [2.24, 2.45) is 13.0 Å². The van der Waals surface area contributed by atoms with Gasteiger partial charge in [0.05, 0.1) is 22.9 Å². The number of carbonyl (C=O) groups is 1. The summed E-state index contributed by atoms with van der Waals surface area (Å²) in [6.07, 6.45) is -3.60. The highest BCUT2D eigenvalue weighted by molar-refractivity contribution is 7.89. The van der Waals surface area contributed by atoms with E-state index >= 15 is 0 Å². The van der Waals surface area contributed by atoms with Crippen molar-refractivity contribution in [1.82, 2.24) is 14.1 Å². The van der Waals surface area contributed by atoms with Gasteiger partial charge < -0.3 is 5.32 Å². The van der Waals surface area contributed by atoms with Crippen molar-refractivity contribution in [3.05, 3.63) is 41.2 Å². The number of aromatic nitrogens is 2. The lowest BCUT2D eigenvalue weighted by Gasteiger charge is -2.31. The molecule has 7 nitrogen and oxygen atoms in total. The minimum absolute atomic E-state index is 0.0220. The zero-order valence-corrected chi connectivity index (χ0v) is 17.6. The molecular weight excluding hydrogens is 421 g/mol. The van der Waals surface area contributed by atoms with Crippen LogP contribution in [0.5, 0.6) is 0 Å². The minimum atomic E-state index is -4.52. The Hall–Kier alpha value is -2.40. The van der Waals surface area contributed by atoms with E-state index in [9.17, 15) is 26.4 Å². The van der Waals surface area contributed by atoms with Crippen molar-refractivity contribution in [3.63, 3.8) is 0 Å². The van der Waals surface area contributed by atoms with Crippen molar-refractivity contribution in [1.29, 1.82) is 0 Å². The highest BCUT2D eigenvalue weighted by Gasteiger charge is 2.36. The van der Waals surface area contributed by atoms with Gasteiger partial charge in [0.2, 0.25) is 15.9 Å². The normalized spacial score (nSPS) is 18.4. The fourth-order valence-electron chi connectivity index (χ4n) is 3.65. The van der Waals surface area contributed by atoms with Crippen LogP contribution in [0.2, 0.25) is 0 Å². The molecule has 3 rings (SSSR count). The third-order valence-electron chi connectivity index (χ3n) is 5.25. The molecule has 1 aromatic carbocycles. The number of aryl methyl sites for hydroxylation is 2. The molecule has 1 aromatic heterocycles. The van der Waals surface area contributed by atoms with Crippen molar-refractivity contribution < 1.29 is 26.4 Å². The number of piperidine rings is 1. The summed E-state index contributed by atoms with van der Waals surface area (Å²) in [6, 6.07) is 4.36. The standard InChI is InChI=1S/C19H23F3N4O3S/c1-12-17(13(2)25(3)24-12)30(28,29)26-9-5-6-14(11-26)18(27)23-16-8-4-7-15(10-16)19(20,21)22/h4,7-8,10,14H,5-6,9,11H2,1-3H3,(H,23,27)/t14-/m0/s1. The lowest BCUT2D eigenvalue weighted by molar-refractivity contribution is -0.137. The largest absolute Gasteiger partial charge is 0.416 e. The molecule has 0 radical (unpaired) electrons.